The Morgan fingerprint density at radius 1 is 1.00 bits per heavy atom. The zero-order chi connectivity index (χ0) is 17.2. The number of Topliss-reactive ketones (excluding diaryl/α,β-unsaturated/α-hetero) is 1. The maximum absolute atomic E-state index is 12.6. The molecule has 5 N–H and O–H groups in total. The first kappa shape index (κ1) is 17.2. The van der Waals surface area contributed by atoms with E-state index in [1.54, 1.807) is 0 Å². The molecule has 4 heterocycles. The molecule has 0 saturated carbocycles. The average molecular weight is 330 g/mol. The summed E-state index contributed by atoms with van der Waals surface area (Å²) in [6.07, 6.45) is -6.57. The highest BCUT2D eigenvalue weighted by molar-refractivity contribution is 5.92. The van der Waals surface area contributed by atoms with Crippen molar-refractivity contribution in [3.63, 3.8) is 0 Å². The van der Waals surface area contributed by atoms with Crippen molar-refractivity contribution in [1.82, 2.24) is 9.80 Å². The van der Waals surface area contributed by atoms with E-state index in [9.17, 15) is 25.2 Å². The molecule has 4 aliphatic rings. The van der Waals surface area contributed by atoms with Gasteiger partial charge in [-0.3, -0.25) is 14.6 Å². The van der Waals surface area contributed by atoms with Gasteiger partial charge in [0.1, 0.15) is 30.2 Å². The van der Waals surface area contributed by atoms with Gasteiger partial charge >= 0.3 is 0 Å². The van der Waals surface area contributed by atoms with Crippen LogP contribution in [0.15, 0.2) is 0 Å². The molecule has 0 radical (unpaired) electrons. The zero-order valence-corrected chi connectivity index (χ0v) is 13.5. The summed E-state index contributed by atoms with van der Waals surface area (Å²) in [7, 11) is 0. The predicted molar refractivity (Wildman–Crippen MR) is 79.3 cm³/mol. The van der Waals surface area contributed by atoms with E-state index in [-0.39, 0.29) is 5.78 Å². The van der Waals surface area contributed by atoms with Crippen LogP contribution in [-0.4, -0.2) is 104 Å². The topological polar surface area (TPSA) is 125 Å². The Hall–Kier alpha value is -0.610. The quantitative estimate of drug-likeness (QED) is 0.361. The number of nitrogens with zero attached hydrogens (tertiary/aromatic N) is 2. The lowest BCUT2D eigenvalue weighted by Crippen LogP contribution is -2.80. The molecule has 4 rings (SSSR count). The molecular weight excluding hydrogens is 304 g/mol. The number of carbonyl (C=O) groups excluding carboxylic acids is 1. The number of aliphatic hydroxyl groups is 5. The number of ketones is 1. The maximum Gasteiger partial charge on any atom is 0.149 e. The van der Waals surface area contributed by atoms with Gasteiger partial charge in [-0.15, -0.1) is 0 Å². The van der Waals surface area contributed by atoms with Gasteiger partial charge in [0.05, 0.1) is 23.6 Å². The number of aliphatic hydroxyl groups excluding tert-OH is 5. The van der Waals surface area contributed by atoms with Crippen molar-refractivity contribution in [3.8, 4) is 0 Å². The lowest BCUT2D eigenvalue weighted by Gasteiger charge is -2.65. The molecule has 4 bridgehead atoms. The summed E-state index contributed by atoms with van der Waals surface area (Å²) in [5.41, 5.74) is -0.953. The fourth-order valence-electron chi connectivity index (χ4n) is 4.77. The number of hydrogen-bond acceptors (Lipinski definition) is 8. The Bertz CT molecular complexity index is 460. The molecule has 4 atom stereocenters. The van der Waals surface area contributed by atoms with Crippen molar-refractivity contribution in [3.05, 3.63) is 0 Å². The summed E-state index contributed by atoms with van der Waals surface area (Å²) >= 11 is 0. The van der Waals surface area contributed by atoms with Crippen LogP contribution in [0, 0.1) is 10.8 Å². The normalized spacial score (nSPS) is 47.4. The van der Waals surface area contributed by atoms with E-state index in [1.807, 2.05) is 23.6 Å². The van der Waals surface area contributed by atoms with Gasteiger partial charge in [-0.05, 0) is 0 Å². The van der Waals surface area contributed by atoms with Gasteiger partial charge < -0.3 is 25.5 Å². The Kier molecular flexibility index (Phi) is 4.08. The van der Waals surface area contributed by atoms with E-state index in [0.717, 1.165) is 0 Å². The van der Waals surface area contributed by atoms with Crippen LogP contribution in [0.3, 0.4) is 0 Å². The number of rotatable bonds is 5. The van der Waals surface area contributed by atoms with Gasteiger partial charge in [0.15, 0.2) is 0 Å². The van der Waals surface area contributed by atoms with Crippen molar-refractivity contribution in [2.24, 2.45) is 10.8 Å². The van der Waals surface area contributed by atoms with Crippen molar-refractivity contribution < 1.29 is 30.3 Å². The second-order valence-corrected chi connectivity index (χ2v) is 7.90. The van der Waals surface area contributed by atoms with E-state index < -0.39 is 48.0 Å². The minimum absolute atomic E-state index is 0.252. The fourth-order valence-corrected chi connectivity index (χ4v) is 4.77. The first-order valence-electron chi connectivity index (χ1n) is 7.99. The van der Waals surface area contributed by atoms with Crippen LogP contribution in [0.5, 0.6) is 0 Å². The maximum atomic E-state index is 12.6. The van der Waals surface area contributed by atoms with Crippen LogP contribution in [0.1, 0.15) is 13.8 Å². The molecule has 4 fully saturated rings. The second kappa shape index (κ2) is 5.45. The van der Waals surface area contributed by atoms with Crippen LogP contribution in [-0.2, 0) is 4.79 Å². The van der Waals surface area contributed by atoms with Gasteiger partial charge in [-0.25, -0.2) is 0 Å². The molecule has 8 heteroatoms. The van der Waals surface area contributed by atoms with Gasteiger partial charge in [-0.1, -0.05) is 13.8 Å². The molecular formula is C15H26N2O6. The third-order valence-electron chi connectivity index (χ3n) is 5.64. The highest BCUT2D eigenvalue weighted by Crippen LogP contribution is 2.48. The lowest BCUT2D eigenvalue weighted by atomic mass is 9.61. The Balaban J connectivity index is 1.80. The molecule has 4 aliphatic heterocycles. The van der Waals surface area contributed by atoms with E-state index in [4.69, 9.17) is 5.11 Å². The monoisotopic (exact) mass is 330 g/mol. The summed E-state index contributed by atoms with van der Waals surface area (Å²) < 4.78 is 0. The van der Waals surface area contributed by atoms with Crippen LogP contribution in [0.2, 0.25) is 0 Å². The summed E-state index contributed by atoms with van der Waals surface area (Å²) in [6.45, 7) is 5.17. The molecule has 0 aromatic rings. The summed E-state index contributed by atoms with van der Waals surface area (Å²) in [4.78, 5) is 16.5. The van der Waals surface area contributed by atoms with Crippen LogP contribution >= 0.6 is 0 Å². The molecule has 0 spiro atoms. The van der Waals surface area contributed by atoms with E-state index in [0.29, 0.717) is 26.2 Å². The van der Waals surface area contributed by atoms with Crippen molar-refractivity contribution in [1.29, 1.82) is 0 Å². The standard InChI is InChI=1S/C15H26N2O6/c1-14-4-16-6-15(2,13(14)23)7-17(5-14)12(16)11(22)10(21)9(20)8(19)3-18/h8-12,18-22H,3-7H2,1-2H3/t8-,9-,10+,11-,12?,14?,15?/m1/s1. The highest BCUT2D eigenvalue weighted by atomic mass is 16.4. The molecule has 132 valence electrons. The summed E-state index contributed by atoms with van der Waals surface area (Å²) in [5.74, 6) is 0.252. The Labute approximate surface area is 134 Å². The Morgan fingerprint density at radius 2 is 1.43 bits per heavy atom. The molecule has 8 nitrogen and oxygen atoms in total. The molecule has 23 heavy (non-hydrogen) atoms. The minimum atomic E-state index is -1.64. The van der Waals surface area contributed by atoms with Crippen molar-refractivity contribution in [2.75, 3.05) is 32.8 Å². The summed E-state index contributed by atoms with van der Waals surface area (Å²) in [6, 6.07) is 0. The molecule has 0 unspecified atom stereocenters. The van der Waals surface area contributed by atoms with Gasteiger partial charge in [0, 0.05) is 26.2 Å². The first-order valence-corrected chi connectivity index (χ1v) is 7.99. The van der Waals surface area contributed by atoms with E-state index in [1.165, 1.54) is 0 Å². The van der Waals surface area contributed by atoms with Gasteiger partial charge in [-0.2, -0.15) is 0 Å². The zero-order valence-electron chi connectivity index (χ0n) is 13.5. The van der Waals surface area contributed by atoms with Crippen LogP contribution < -0.4 is 0 Å². The Morgan fingerprint density at radius 3 is 1.83 bits per heavy atom. The lowest BCUT2D eigenvalue weighted by molar-refractivity contribution is -0.228. The smallest absolute Gasteiger partial charge is 0.149 e. The van der Waals surface area contributed by atoms with Gasteiger partial charge in [0.25, 0.3) is 0 Å². The number of hydrogen-bond donors (Lipinski definition) is 5. The third kappa shape index (κ3) is 2.44. The van der Waals surface area contributed by atoms with Crippen LogP contribution in [0.25, 0.3) is 0 Å². The predicted octanol–water partition coefficient (Wildman–Crippen LogP) is -3.03. The largest absolute Gasteiger partial charge is 0.394 e. The van der Waals surface area contributed by atoms with Crippen molar-refractivity contribution >= 4 is 5.78 Å². The number of carbonyl (C=O) groups is 1. The van der Waals surface area contributed by atoms with Crippen LogP contribution in [0.4, 0.5) is 0 Å². The molecule has 0 aromatic heterocycles. The molecule has 4 saturated heterocycles. The van der Waals surface area contributed by atoms with E-state index in [2.05, 4.69) is 0 Å². The highest BCUT2D eigenvalue weighted by Gasteiger charge is 2.63. The molecule has 0 aliphatic carbocycles. The third-order valence-corrected chi connectivity index (χ3v) is 5.64. The minimum Gasteiger partial charge on any atom is -0.394 e. The second-order valence-electron chi connectivity index (χ2n) is 7.90. The molecule has 0 aromatic carbocycles. The SMILES string of the molecule is CC12CN3CC(C)(CN(C1)C3[C@H](O)[C@@H](O)[C@H](O)[C@H](O)CO)C2=O. The van der Waals surface area contributed by atoms with Crippen molar-refractivity contribution in [2.45, 2.75) is 44.4 Å². The van der Waals surface area contributed by atoms with Gasteiger partial charge in [0.2, 0.25) is 0 Å². The molecule has 0 amide bonds. The van der Waals surface area contributed by atoms with E-state index >= 15 is 0 Å². The fraction of sp³-hybridized carbons (Fsp3) is 0.933. The summed E-state index contributed by atoms with van der Waals surface area (Å²) in [5, 5.41) is 48.9. The number of piperidine rings is 2. The average Bonchev–Trinajstić information content (AvgIpc) is 2.48. The first-order chi connectivity index (χ1) is 10.6.